The molecule has 6 amide bonds. The van der Waals surface area contributed by atoms with E-state index in [-0.39, 0.29) is 82.5 Å². The number of nitrogens with zero attached hydrogens (tertiary/aromatic N) is 6. The number of carbonyl (C=O) groups is 6. The summed E-state index contributed by atoms with van der Waals surface area (Å²) in [6, 6.07) is 13.9. The lowest BCUT2D eigenvalue weighted by Crippen LogP contribution is -2.57. The molecule has 5 heterocycles. The van der Waals surface area contributed by atoms with Crippen LogP contribution in [0, 0.1) is 12.3 Å². The Kier molecular flexibility index (Phi) is 19.5. The molecule has 2 aliphatic rings. The number of aliphatic hydroxyl groups excluding tert-OH is 1. The van der Waals surface area contributed by atoms with Gasteiger partial charge in [-0.15, -0.1) is 11.3 Å². The highest BCUT2D eigenvalue weighted by molar-refractivity contribution is 7.13. The van der Waals surface area contributed by atoms with Crippen LogP contribution in [0.3, 0.4) is 0 Å². The number of rotatable bonds is 22. The molecule has 0 spiro atoms. The van der Waals surface area contributed by atoms with E-state index in [1.54, 1.807) is 53.5 Å². The number of thiazole rings is 1. The molecular weight excluding hydrogens is 995 g/mol. The Bertz CT molecular complexity index is 2820. The van der Waals surface area contributed by atoms with Crippen molar-refractivity contribution in [2.75, 3.05) is 68.6 Å². The second-order valence-electron chi connectivity index (χ2n) is 19.7. The minimum absolute atomic E-state index is 0.00745. The molecule has 0 radical (unpaired) electrons. The van der Waals surface area contributed by atoms with Crippen molar-refractivity contribution < 1.29 is 43.3 Å². The van der Waals surface area contributed by atoms with Crippen LogP contribution in [-0.2, 0) is 46.5 Å². The number of carbonyl (C=O) groups excluding carboxylic acids is 6. The molecule has 2 aliphatic heterocycles. The number of nitrogen functional groups attached to an aromatic ring is 1. The molecule has 2 saturated heterocycles. The first-order valence-electron chi connectivity index (χ1n) is 25.2. The summed E-state index contributed by atoms with van der Waals surface area (Å²) >= 11 is 1.56. The molecular formula is C53H67N13O9S. The molecule has 2 fully saturated rings. The lowest BCUT2D eigenvalue weighted by atomic mass is 9.85. The minimum Gasteiger partial charge on any atom is -0.391 e. The van der Waals surface area contributed by atoms with Crippen molar-refractivity contribution in [3.63, 3.8) is 0 Å². The highest BCUT2D eigenvalue weighted by Crippen LogP contribution is 2.30. The largest absolute Gasteiger partial charge is 0.391 e. The van der Waals surface area contributed by atoms with Gasteiger partial charge in [-0.05, 0) is 41.5 Å². The number of ether oxygens (including phenoxy) is 2. The molecule has 76 heavy (non-hydrogen) atoms. The molecule has 5 aromatic rings. The molecule has 0 saturated carbocycles. The molecule has 7 rings (SSSR count). The number of aromatic nitrogens is 4. The quantitative estimate of drug-likeness (QED) is 0.0462. The second-order valence-corrected chi connectivity index (χ2v) is 20.5. The van der Waals surface area contributed by atoms with E-state index in [9.17, 15) is 33.9 Å². The van der Waals surface area contributed by atoms with Gasteiger partial charge in [-0.25, -0.2) is 15.0 Å². The predicted molar refractivity (Wildman–Crippen MR) is 286 cm³/mol. The molecule has 3 aromatic heterocycles. The van der Waals surface area contributed by atoms with Crippen LogP contribution in [0.25, 0.3) is 21.7 Å². The fourth-order valence-corrected chi connectivity index (χ4v) is 9.42. The van der Waals surface area contributed by atoms with Gasteiger partial charge >= 0.3 is 0 Å². The third kappa shape index (κ3) is 15.3. The van der Waals surface area contributed by atoms with Gasteiger partial charge in [0.05, 0.1) is 84.1 Å². The zero-order valence-electron chi connectivity index (χ0n) is 43.2. The number of likely N-dealkylation sites (tertiary alicyclic amines) is 1. The molecule has 404 valence electrons. The summed E-state index contributed by atoms with van der Waals surface area (Å²) in [4.78, 5) is 101. The van der Waals surface area contributed by atoms with E-state index in [1.807, 2.05) is 58.0 Å². The summed E-state index contributed by atoms with van der Waals surface area (Å²) in [5.74, 6) is -2.64. The number of anilines is 3. The van der Waals surface area contributed by atoms with E-state index in [0.717, 1.165) is 32.9 Å². The van der Waals surface area contributed by atoms with Crippen molar-refractivity contribution in [2.24, 2.45) is 11.1 Å². The SMILES string of the molecule is Cc1ncsc1-c1ccc(CNC(=O)[C@@H]2C[C@@H](O)CN2C(=O)C(NC(=O)CCOCCNC(=O)CC[C@H](N)C(=O)NCc2ccc(-c3cnc(N)c(C(=O)Nc4cnccc4N4CCOCC4)n3)cc2)C(C)(C)C)cc1. The molecule has 2 aromatic carbocycles. The predicted octanol–water partition coefficient (Wildman–Crippen LogP) is 2.70. The van der Waals surface area contributed by atoms with E-state index < -0.39 is 59.2 Å². The maximum Gasteiger partial charge on any atom is 0.278 e. The molecule has 4 atom stereocenters. The van der Waals surface area contributed by atoms with Gasteiger partial charge in [0.1, 0.15) is 12.1 Å². The zero-order chi connectivity index (χ0) is 54.4. The molecule has 22 nitrogen and oxygen atoms in total. The number of benzene rings is 2. The Balaban J connectivity index is 0.776. The molecule has 0 bridgehead atoms. The first-order chi connectivity index (χ1) is 36.4. The van der Waals surface area contributed by atoms with Gasteiger partial charge in [-0.3, -0.25) is 33.8 Å². The van der Waals surface area contributed by atoms with Crippen molar-refractivity contribution in [2.45, 2.75) is 90.7 Å². The monoisotopic (exact) mass is 1060 g/mol. The summed E-state index contributed by atoms with van der Waals surface area (Å²) in [6.07, 6.45) is 3.89. The lowest BCUT2D eigenvalue weighted by molar-refractivity contribution is -0.144. The third-order valence-corrected chi connectivity index (χ3v) is 13.9. The van der Waals surface area contributed by atoms with E-state index in [4.69, 9.17) is 20.9 Å². The zero-order valence-corrected chi connectivity index (χ0v) is 44.0. The number of hydrogen-bond acceptors (Lipinski definition) is 17. The van der Waals surface area contributed by atoms with Crippen LogP contribution in [0.5, 0.6) is 0 Å². The molecule has 10 N–H and O–H groups in total. The summed E-state index contributed by atoms with van der Waals surface area (Å²) in [7, 11) is 0. The number of amides is 6. The van der Waals surface area contributed by atoms with Gasteiger partial charge in [0, 0.05) is 70.3 Å². The first-order valence-corrected chi connectivity index (χ1v) is 26.1. The van der Waals surface area contributed by atoms with Gasteiger partial charge in [0.2, 0.25) is 29.5 Å². The van der Waals surface area contributed by atoms with Crippen LogP contribution >= 0.6 is 11.3 Å². The topological polar surface area (TPSA) is 311 Å². The van der Waals surface area contributed by atoms with Crippen molar-refractivity contribution in [3.8, 4) is 21.7 Å². The number of aliphatic hydroxyl groups is 1. The molecule has 0 aliphatic carbocycles. The number of nitrogens with two attached hydrogens (primary N) is 2. The fourth-order valence-electron chi connectivity index (χ4n) is 8.61. The summed E-state index contributed by atoms with van der Waals surface area (Å²) in [5.41, 5.74) is 19.3. The van der Waals surface area contributed by atoms with Crippen LogP contribution in [0.2, 0.25) is 0 Å². The van der Waals surface area contributed by atoms with Crippen LogP contribution in [0.1, 0.15) is 73.8 Å². The van der Waals surface area contributed by atoms with Crippen LogP contribution in [0.4, 0.5) is 17.2 Å². The van der Waals surface area contributed by atoms with Crippen LogP contribution in [-0.4, -0.2) is 142 Å². The van der Waals surface area contributed by atoms with Gasteiger partial charge in [-0.1, -0.05) is 69.3 Å². The van der Waals surface area contributed by atoms with E-state index in [2.05, 4.69) is 51.4 Å². The van der Waals surface area contributed by atoms with Gasteiger partial charge in [-0.2, -0.15) is 0 Å². The Morgan fingerprint density at radius 2 is 1.58 bits per heavy atom. The first kappa shape index (κ1) is 56.3. The average molecular weight is 1060 g/mol. The van der Waals surface area contributed by atoms with Gasteiger partial charge in [0.15, 0.2) is 11.5 Å². The van der Waals surface area contributed by atoms with Crippen molar-refractivity contribution >= 4 is 64.0 Å². The number of β-amino-alcohol motifs (C(OH)–C–C–N with tert-alkyl or cyclic N) is 1. The standard InChI is InChI=1S/C53H67N13O9S/c1-32-46(76-31-61-32)36-11-7-34(8-12-36)27-60-50(71)42-25-37(67)30-66(42)52(73)47(53(2,3)4)64-44(69)16-21-74-22-18-57-43(68)14-13-38(54)49(70)59-26-33-5-9-35(10-6-33)39-29-58-48(55)45(62-39)51(72)63-40-28-56-17-15-41(40)65-19-23-75-24-20-65/h5-12,15,17,28-29,31,37-38,42,47,67H,13-14,16,18-27,30,54H2,1-4H3,(H2,55,58)(H,57,68)(H,59,70)(H,60,71)(H,63,72)(H,64,69)/t37-,38+,42+,47?/m1/s1. The van der Waals surface area contributed by atoms with Crippen LogP contribution < -0.4 is 43.0 Å². The summed E-state index contributed by atoms with van der Waals surface area (Å²) < 4.78 is 11.0. The highest BCUT2D eigenvalue weighted by Gasteiger charge is 2.44. The van der Waals surface area contributed by atoms with Crippen molar-refractivity contribution in [1.82, 2.24) is 46.1 Å². The molecule has 23 heteroatoms. The molecule has 1 unspecified atom stereocenters. The van der Waals surface area contributed by atoms with Crippen molar-refractivity contribution in [3.05, 3.63) is 101 Å². The normalized spacial score (nSPS) is 16.3. The van der Waals surface area contributed by atoms with Gasteiger partial charge in [0.25, 0.3) is 5.91 Å². The van der Waals surface area contributed by atoms with Crippen LogP contribution in [0.15, 0.2) is 78.7 Å². The Morgan fingerprint density at radius 1 is 0.882 bits per heavy atom. The maximum absolute atomic E-state index is 14.0. The minimum atomic E-state index is -0.993. The van der Waals surface area contributed by atoms with Gasteiger partial charge < -0.3 is 62.4 Å². The number of hydrogen-bond donors (Lipinski definition) is 8. The Hall–Kier alpha value is -7.44. The summed E-state index contributed by atoms with van der Waals surface area (Å²) in [6.45, 7) is 10.5. The number of morpholine rings is 1. The Morgan fingerprint density at radius 3 is 2.26 bits per heavy atom. The summed E-state index contributed by atoms with van der Waals surface area (Å²) in [5, 5.41) is 24.7. The Labute approximate surface area is 445 Å². The smallest absolute Gasteiger partial charge is 0.278 e. The average Bonchev–Trinajstić information content (AvgIpc) is 4.04. The third-order valence-electron chi connectivity index (χ3n) is 12.9. The number of pyridine rings is 1. The van der Waals surface area contributed by atoms with E-state index >= 15 is 0 Å². The maximum atomic E-state index is 14.0. The highest BCUT2D eigenvalue weighted by atomic mass is 32.1. The number of aryl methyl sites for hydroxylation is 1. The lowest BCUT2D eigenvalue weighted by Gasteiger charge is -2.35. The number of nitrogens with one attached hydrogen (secondary N) is 5. The fraction of sp³-hybridized carbons (Fsp3) is 0.434. The van der Waals surface area contributed by atoms with Crippen molar-refractivity contribution in [1.29, 1.82) is 0 Å². The van der Waals surface area contributed by atoms with E-state index in [0.29, 0.717) is 43.2 Å². The van der Waals surface area contributed by atoms with E-state index in [1.165, 1.54) is 11.1 Å². The second kappa shape index (κ2) is 26.4.